The van der Waals surface area contributed by atoms with Gasteiger partial charge in [-0.25, -0.2) is 4.39 Å². The average molecular weight is 272 g/mol. The largest absolute Gasteiger partial charge is 0.316 e. The molecule has 0 heterocycles. The number of carbonyl (C=O) groups excluding carboxylic acids is 1. The summed E-state index contributed by atoms with van der Waals surface area (Å²) in [4.78, 5) is 13.6. The summed E-state index contributed by atoms with van der Waals surface area (Å²) in [5.74, 6) is -0.793. The van der Waals surface area contributed by atoms with Gasteiger partial charge in [0.05, 0.1) is 5.69 Å². The van der Waals surface area contributed by atoms with Gasteiger partial charge in [-0.05, 0) is 24.6 Å². The van der Waals surface area contributed by atoms with Crippen molar-refractivity contribution in [2.75, 3.05) is 11.9 Å². The van der Waals surface area contributed by atoms with Gasteiger partial charge in [0, 0.05) is 7.05 Å². The Balaban J connectivity index is 2.22. The Bertz CT molecular complexity index is 610. The van der Waals surface area contributed by atoms with Crippen molar-refractivity contribution in [2.45, 2.75) is 13.0 Å². The number of likely N-dealkylation sites (N-methyl/N-ethyl adjacent to an activating group) is 1. The molecular formula is C16H17FN2O. The summed E-state index contributed by atoms with van der Waals surface area (Å²) in [5.41, 5.74) is 7.99. The fourth-order valence-corrected chi connectivity index (χ4v) is 1.97. The predicted molar refractivity (Wildman–Crippen MR) is 77.9 cm³/mol. The number of amides is 1. The summed E-state index contributed by atoms with van der Waals surface area (Å²) in [6.07, 6.45) is 0. The lowest BCUT2D eigenvalue weighted by molar-refractivity contribution is -0.119. The van der Waals surface area contributed by atoms with Gasteiger partial charge >= 0.3 is 0 Å². The molecule has 0 aliphatic heterocycles. The monoisotopic (exact) mass is 272 g/mol. The summed E-state index contributed by atoms with van der Waals surface area (Å²) in [5, 5.41) is 0. The quantitative estimate of drug-likeness (QED) is 0.934. The summed E-state index contributed by atoms with van der Waals surface area (Å²) in [7, 11) is 1.52. The number of rotatable bonds is 3. The SMILES string of the molecule is Cc1ccc(C(N)C(=O)N(C)c2ccccc2F)cc1. The number of aryl methyl sites for hydroxylation is 1. The number of hydrogen-bond donors (Lipinski definition) is 1. The van der Waals surface area contributed by atoms with Gasteiger partial charge in [0.15, 0.2) is 0 Å². The fraction of sp³-hybridized carbons (Fsp3) is 0.188. The molecule has 0 aliphatic rings. The van der Waals surface area contributed by atoms with E-state index >= 15 is 0 Å². The average Bonchev–Trinajstić information content (AvgIpc) is 2.46. The second kappa shape index (κ2) is 5.84. The van der Waals surface area contributed by atoms with Gasteiger partial charge in [-0.2, -0.15) is 0 Å². The first-order valence-corrected chi connectivity index (χ1v) is 6.35. The number of para-hydroxylation sites is 1. The van der Waals surface area contributed by atoms with Crippen molar-refractivity contribution in [3.63, 3.8) is 0 Å². The first kappa shape index (κ1) is 14.2. The Hall–Kier alpha value is -2.20. The van der Waals surface area contributed by atoms with Crippen LogP contribution in [0.5, 0.6) is 0 Å². The molecule has 2 rings (SSSR count). The molecular weight excluding hydrogens is 255 g/mol. The van der Waals surface area contributed by atoms with E-state index in [0.29, 0.717) is 5.56 Å². The third-order valence-electron chi connectivity index (χ3n) is 3.25. The smallest absolute Gasteiger partial charge is 0.248 e. The molecule has 0 saturated heterocycles. The molecule has 1 atom stereocenters. The number of benzene rings is 2. The second-order valence-corrected chi connectivity index (χ2v) is 4.74. The van der Waals surface area contributed by atoms with E-state index < -0.39 is 11.9 Å². The molecule has 4 heteroatoms. The van der Waals surface area contributed by atoms with Gasteiger partial charge < -0.3 is 10.6 Å². The number of halogens is 1. The first-order valence-electron chi connectivity index (χ1n) is 6.35. The molecule has 0 aliphatic carbocycles. The summed E-state index contributed by atoms with van der Waals surface area (Å²) in [6, 6.07) is 12.7. The molecule has 1 unspecified atom stereocenters. The highest BCUT2D eigenvalue weighted by molar-refractivity contribution is 5.97. The van der Waals surface area contributed by atoms with E-state index in [1.54, 1.807) is 18.2 Å². The van der Waals surface area contributed by atoms with Crippen LogP contribution in [0.2, 0.25) is 0 Å². The maximum Gasteiger partial charge on any atom is 0.248 e. The Morgan fingerprint density at radius 1 is 1.15 bits per heavy atom. The third kappa shape index (κ3) is 2.86. The highest BCUT2D eigenvalue weighted by Gasteiger charge is 2.22. The first-order chi connectivity index (χ1) is 9.50. The lowest BCUT2D eigenvalue weighted by Gasteiger charge is -2.22. The van der Waals surface area contributed by atoms with Crippen molar-refractivity contribution < 1.29 is 9.18 Å². The Kier molecular flexibility index (Phi) is 4.15. The van der Waals surface area contributed by atoms with E-state index in [0.717, 1.165) is 5.56 Å². The molecule has 0 spiro atoms. The van der Waals surface area contributed by atoms with Crippen LogP contribution in [0.3, 0.4) is 0 Å². The van der Waals surface area contributed by atoms with Gasteiger partial charge in [0.1, 0.15) is 11.9 Å². The minimum Gasteiger partial charge on any atom is -0.316 e. The van der Waals surface area contributed by atoms with Crippen molar-refractivity contribution in [1.29, 1.82) is 0 Å². The van der Waals surface area contributed by atoms with Crippen LogP contribution in [0.1, 0.15) is 17.2 Å². The standard InChI is InChI=1S/C16H17FN2O/c1-11-7-9-12(10-8-11)15(18)16(20)19(2)14-6-4-3-5-13(14)17/h3-10,15H,18H2,1-2H3. The lowest BCUT2D eigenvalue weighted by Crippen LogP contribution is -2.36. The van der Waals surface area contributed by atoms with Gasteiger partial charge in [-0.3, -0.25) is 4.79 Å². The Morgan fingerprint density at radius 3 is 2.35 bits per heavy atom. The van der Waals surface area contributed by atoms with E-state index in [1.165, 1.54) is 18.0 Å². The second-order valence-electron chi connectivity index (χ2n) is 4.74. The van der Waals surface area contributed by atoms with Crippen molar-refractivity contribution in [3.8, 4) is 0 Å². The van der Waals surface area contributed by atoms with Gasteiger partial charge in [-0.15, -0.1) is 0 Å². The fourth-order valence-electron chi connectivity index (χ4n) is 1.97. The molecule has 1 amide bonds. The maximum atomic E-state index is 13.7. The number of nitrogens with two attached hydrogens (primary N) is 1. The van der Waals surface area contributed by atoms with Crippen LogP contribution in [-0.4, -0.2) is 13.0 Å². The Morgan fingerprint density at radius 2 is 1.75 bits per heavy atom. The maximum absolute atomic E-state index is 13.7. The van der Waals surface area contributed by atoms with E-state index in [1.807, 2.05) is 31.2 Å². The third-order valence-corrected chi connectivity index (χ3v) is 3.25. The molecule has 0 aromatic heterocycles. The van der Waals surface area contributed by atoms with Crippen LogP contribution in [0.25, 0.3) is 0 Å². The van der Waals surface area contributed by atoms with Crippen molar-refractivity contribution >= 4 is 11.6 Å². The van der Waals surface area contributed by atoms with Crippen LogP contribution >= 0.6 is 0 Å². The topological polar surface area (TPSA) is 46.3 Å². The van der Waals surface area contributed by atoms with Gasteiger partial charge in [-0.1, -0.05) is 42.0 Å². The predicted octanol–water partition coefficient (Wildman–Crippen LogP) is 2.80. The Labute approximate surface area is 117 Å². The molecule has 104 valence electrons. The normalized spacial score (nSPS) is 12.0. The zero-order chi connectivity index (χ0) is 14.7. The summed E-state index contributed by atoms with van der Waals surface area (Å²) >= 11 is 0. The zero-order valence-corrected chi connectivity index (χ0v) is 11.5. The van der Waals surface area contributed by atoms with Crippen molar-refractivity contribution in [1.82, 2.24) is 0 Å². The van der Waals surface area contributed by atoms with E-state index in [9.17, 15) is 9.18 Å². The molecule has 3 nitrogen and oxygen atoms in total. The number of carbonyl (C=O) groups is 1. The molecule has 0 radical (unpaired) electrons. The highest BCUT2D eigenvalue weighted by Crippen LogP contribution is 2.21. The molecule has 2 aromatic carbocycles. The van der Waals surface area contributed by atoms with Gasteiger partial charge in [0.2, 0.25) is 5.91 Å². The molecule has 20 heavy (non-hydrogen) atoms. The highest BCUT2D eigenvalue weighted by atomic mass is 19.1. The van der Waals surface area contributed by atoms with Crippen LogP contribution in [0.4, 0.5) is 10.1 Å². The van der Waals surface area contributed by atoms with Crippen molar-refractivity contribution in [2.24, 2.45) is 5.73 Å². The van der Waals surface area contributed by atoms with Gasteiger partial charge in [0.25, 0.3) is 0 Å². The zero-order valence-electron chi connectivity index (χ0n) is 11.5. The number of anilines is 1. The number of hydrogen-bond acceptors (Lipinski definition) is 2. The van der Waals surface area contributed by atoms with Crippen LogP contribution in [-0.2, 0) is 4.79 Å². The molecule has 0 fully saturated rings. The molecule has 2 N–H and O–H groups in total. The number of nitrogens with zero attached hydrogens (tertiary/aromatic N) is 1. The van der Waals surface area contributed by atoms with Crippen molar-refractivity contribution in [3.05, 3.63) is 65.5 Å². The summed E-state index contributed by atoms with van der Waals surface area (Å²) < 4.78 is 13.7. The van der Waals surface area contributed by atoms with E-state index in [-0.39, 0.29) is 11.6 Å². The van der Waals surface area contributed by atoms with Crippen LogP contribution < -0.4 is 10.6 Å². The lowest BCUT2D eigenvalue weighted by atomic mass is 10.0. The minimum absolute atomic E-state index is 0.222. The van der Waals surface area contributed by atoms with Crippen LogP contribution in [0, 0.1) is 12.7 Å². The molecule has 0 saturated carbocycles. The van der Waals surface area contributed by atoms with E-state index in [2.05, 4.69) is 0 Å². The molecule has 0 bridgehead atoms. The van der Waals surface area contributed by atoms with Crippen LogP contribution in [0.15, 0.2) is 48.5 Å². The minimum atomic E-state index is -0.805. The molecule has 2 aromatic rings. The summed E-state index contributed by atoms with van der Waals surface area (Å²) in [6.45, 7) is 1.96. The van der Waals surface area contributed by atoms with E-state index in [4.69, 9.17) is 5.73 Å².